The van der Waals surface area contributed by atoms with Crippen LogP contribution in [0.3, 0.4) is 0 Å². The second kappa shape index (κ2) is 10.00. The Balaban J connectivity index is 2.32. The number of rotatable bonds is 8. The summed E-state index contributed by atoms with van der Waals surface area (Å²) in [6.45, 7) is 4.59. The van der Waals surface area contributed by atoms with Crippen molar-refractivity contribution < 1.29 is 14.3 Å². The van der Waals surface area contributed by atoms with Crippen LogP contribution in [-0.2, 0) is 9.53 Å². The van der Waals surface area contributed by atoms with E-state index in [1.807, 2.05) is 25.1 Å². The van der Waals surface area contributed by atoms with Gasteiger partial charge in [-0.25, -0.2) is 0 Å². The Hall–Kier alpha value is -1.82. The summed E-state index contributed by atoms with van der Waals surface area (Å²) in [5.41, 5.74) is 1.88. The number of anilines is 1. The Morgan fingerprint density at radius 2 is 2.09 bits per heavy atom. The van der Waals surface area contributed by atoms with Crippen molar-refractivity contribution in [1.29, 1.82) is 0 Å². The molecule has 0 aliphatic carbocycles. The molecule has 1 aromatic carbocycles. The van der Waals surface area contributed by atoms with Gasteiger partial charge in [-0.2, -0.15) is 0 Å². The molecule has 22 heavy (non-hydrogen) atoms. The van der Waals surface area contributed by atoms with Gasteiger partial charge in [0.15, 0.2) is 5.11 Å². The van der Waals surface area contributed by atoms with Crippen LogP contribution in [0.2, 0.25) is 0 Å². The number of nitrogens with one attached hydrogen (secondary N) is 2. The smallest absolute Gasteiger partial charge is 0.325 e. The van der Waals surface area contributed by atoms with E-state index >= 15 is 0 Å². The highest BCUT2D eigenvalue weighted by molar-refractivity contribution is 7.80. The van der Waals surface area contributed by atoms with Crippen LogP contribution in [0, 0.1) is 6.92 Å². The maximum atomic E-state index is 11.5. The van der Waals surface area contributed by atoms with Gasteiger partial charge < -0.3 is 20.1 Å². The molecule has 5 nitrogen and oxygen atoms in total. The van der Waals surface area contributed by atoms with Gasteiger partial charge in [-0.1, -0.05) is 19.8 Å². The molecular formula is C16H24N2O3S. The Morgan fingerprint density at radius 3 is 2.73 bits per heavy atom. The zero-order valence-electron chi connectivity index (χ0n) is 13.4. The molecule has 0 unspecified atom stereocenters. The molecule has 0 saturated heterocycles. The van der Waals surface area contributed by atoms with E-state index in [1.165, 1.54) is 0 Å². The molecule has 0 fully saturated rings. The third-order valence-electron chi connectivity index (χ3n) is 3.09. The number of carbonyl (C=O) groups excluding carboxylic acids is 1. The molecule has 1 aromatic rings. The van der Waals surface area contributed by atoms with Crippen LogP contribution in [0.15, 0.2) is 18.2 Å². The summed E-state index contributed by atoms with van der Waals surface area (Å²) in [7, 11) is 1.63. The van der Waals surface area contributed by atoms with Crippen LogP contribution in [0.1, 0.15) is 31.7 Å². The number of carbonyl (C=O) groups is 1. The van der Waals surface area contributed by atoms with E-state index < -0.39 is 0 Å². The SMILES string of the molecule is CCCCCOC(=O)CNC(=S)Nc1ccc(OC)cc1C. The van der Waals surface area contributed by atoms with Gasteiger partial charge in [0.1, 0.15) is 12.3 Å². The number of thiocarbonyl (C=S) groups is 1. The minimum absolute atomic E-state index is 0.0627. The van der Waals surface area contributed by atoms with Crippen molar-refractivity contribution in [3.63, 3.8) is 0 Å². The van der Waals surface area contributed by atoms with Gasteiger partial charge in [-0.05, 0) is 49.3 Å². The average molecular weight is 324 g/mol. The van der Waals surface area contributed by atoms with Crippen LogP contribution in [-0.4, -0.2) is 31.3 Å². The molecule has 1 rings (SSSR count). The highest BCUT2D eigenvalue weighted by Crippen LogP contribution is 2.20. The molecule has 0 amide bonds. The molecule has 0 radical (unpaired) electrons. The summed E-state index contributed by atoms with van der Waals surface area (Å²) in [5, 5.41) is 6.28. The van der Waals surface area contributed by atoms with Crippen molar-refractivity contribution in [2.75, 3.05) is 25.6 Å². The Morgan fingerprint density at radius 1 is 1.32 bits per heavy atom. The van der Waals surface area contributed by atoms with E-state index in [-0.39, 0.29) is 12.5 Å². The lowest BCUT2D eigenvalue weighted by Crippen LogP contribution is -2.34. The fourth-order valence-electron chi connectivity index (χ4n) is 1.81. The number of esters is 1. The number of hydrogen-bond acceptors (Lipinski definition) is 4. The normalized spacial score (nSPS) is 9.95. The average Bonchev–Trinajstić information content (AvgIpc) is 2.51. The predicted octanol–water partition coefficient (Wildman–Crippen LogP) is 3.02. The number of methoxy groups -OCH3 is 1. The number of hydrogen-bond donors (Lipinski definition) is 2. The maximum absolute atomic E-state index is 11.5. The number of benzene rings is 1. The van der Waals surface area contributed by atoms with E-state index in [0.717, 1.165) is 36.3 Å². The van der Waals surface area contributed by atoms with Gasteiger partial charge in [0.25, 0.3) is 0 Å². The van der Waals surface area contributed by atoms with Crippen molar-refractivity contribution in [3.8, 4) is 5.75 Å². The zero-order chi connectivity index (χ0) is 16.4. The summed E-state index contributed by atoms with van der Waals surface area (Å²) in [5.74, 6) is 0.490. The van der Waals surface area contributed by atoms with Crippen LogP contribution >= 0.6 is 12.2 Å². The minimum Gasteiger partial charge on any atom is -0.497 e. The summed E-state index contributed by atoms with van der Waals surface area (Å²) >= 11 is 5.17. The van der Waals surface area contributed by atoms with Crippen molar-refractivity contribution in [2.45, 2.75) is 33.1 Å². The first-order chi connectivity index (χ1) is 10.6. The fraction of sp³-hybridized carbons (Fsp3) is 0.500. The Kier molecular flexibility index (Phi) is 8.28. The first-order valence-corrected chi connectivity index (χ1v) is 7.82. The maximum Gasteiger partial charge on any atom is 0.325 e. The molecule has 6 heteroatoms. The van der Waals surface area contributed by atoms with Crippen LogP contribution in [0.4, 0.5) is 5.69 Å². The first-order valence-electron chi connectivity index (χ1n) is 7.42. The number of unbranched alkanes of at least 4 members (excludes halogenated alkanes) is 2. The fourth-order valence-corrected chi connectivity index (χ4v) is 1.99. The number of aryl methyl sites for hydroxylation is 1. The van der Waals surface area contributed by atoms with Gasteiger partial charge in [0.2, 0.25) is 0 Å². The van der Waals surface area contributed by atoms with E-state index in [2.05, 4.69) is 17.6 Å². The largest absolute Gasteiger partial charge is 0.497 e. The van der Waals surface area contributed by atoms with E-state index in [1.54, 1.807) is 7.11 Å². The summed E-state index contributed by atoms with van der Waals surface area (Å²) < 4.78 is 10.2. The second-order valence-corrected chi connectivity index (χ2v) is 5.32. The minimum atomic E-state index is -0.299. The molecule has 0 bridgehead atoms. The van der Waals surface area contributed by atoms with E-state index in [9.17, 15) is 4.79 Å². The van der Waals surface area contributed by atoms with Gasteiger partial charge in [-0.3, -0.25) is 4.79 Å². The molecule has 0 aromatic heterocycles. The van der Waals surface area contributed by atoms with E-state index in [0.29, 0.717) is 11.7 Å². The standard InChI is InChI=1S/C16H24N2O3S/c1-4-5-6-9-21-15(19)11-17-16(22)18-14-8-7-13(20-3)10-12(14)2/h7-8,10H,4-6,9,11H2,1-3H3,(H2,17,18,22). The van der Waals surface area contributed by atoms with Crippen molar-refractivity contribution in [1.82, 2.24) is 5.32 Å². The van der Waals surface area contributed by atoms with Gasteiger partial charge in [0, 0.05) is 5.69 Å². The second-order valence-electron chi connectivity index (χ2n) is 4.92. The van der Waals surface area contributed by atoms with Crippen LogP contribution < -0.4 is 15.4 Å². The molecule has 0 aliphatic heterocycles. The number of ether oxygens (including phenoxy) is 2. The van der Waals surface area contributed by atoms with Crippen molar-refractivity contribution >= 4 is 29.0 Å². The lowest BCUT2D eigenvalue weighted by Gasteiger charge is -2.13. The van der Waals surface area contributed by atoms with Crippen LogP contribution in [0.25, 0.3) is 0 Å². The quantitative estimate of drug-likeness (QED) is 0.435. The summed E-state index contributed by atoms with van der Waals surface area (Å²) in [4.78, 5) is 11.5. The highest BCUT2D eigenvalue weighted by atomic mass is 32.1. The monoisotopic (exact) mass is 324 g/mol. The summed E-state index contributed by atoms with van der Waals surface area (Å²) in [6, 6.07) is 5.64. The third kappa shape index (κ3) is 6.76. The van der Waals surface area contributed by atoms with Crippen molar-refractivity contribution in [2.24, 2.45) is 0 Å². The molecule has 0 atom stereocenters. The summed E-state index contributed by atoms with van der Waals surface area (Å²) in [6.07, 6.45) is 3.07. The highest BCUT2D eigenvalue weighted by Gasteiger charge is 2.06. The van der Waals surface area contributed by atoms with Gasteiger partial charge in [0.05, 0.1) is 13.7 Å². The molecule has 0 heterocycles. The molecule has 122 valence electrons. The molecule has 0 aliphatic rings. The first kappa shape index (κ1) is 18.2. The molecular weight excluding hydrogens is 300 g/mol. The van der Waals surface area contributed by atoms with E-state index in [4.69, 9.17) is 21.7 Å². The Bertz CT molecular complexity index is 506. The molecule has 0 spiro atoms. The topological polar surface area (TPSA) is 59.6 Å². The molecule has 0 saturated carbocycles. The zero-order valence-corrected chi connectivity index (χ0v) is 14.2. The molecule has 2 N–H and O–H groups in total. The van der Waals surface area contributed by atoms with Gasteiger partial charge in [-0.15, -0.1) is 0 Å². The van der Waals surface area contributed by atoms with Gasteiger partial charge >= 0.3 is 5.97 Å². The lowest BCUT2D eigenvalue weighted by atomic mass is 10.2. The Labute approximate surface area is 137 Å². The van der Waals surface area contributed by atoms with Crippen LogP contribution in [0.5, 0.6) is 5.75 Å². The third-order valence-corrected chi connectivity index (χ3v) is 3.33. The lowest BCUT2D eigenvalue weighted by molar-refractivity contribution is -0.142. The predicted molar refractivity (Wildman–Crippen MR) is 92.4 cm³/mol. The van der Waals surface area contributed by atoms with Crippen molar-refractivity contribution in [3.05, 3.63) is 23.8 Å².